The molecule has 1 N–H and O–H groups in total. The van der Waals surface area contributed by atoms with Gasteiger partial charge in [0.15, 0.2) is 0 Å². The highest BCUT2D eigenvalue weighted by atomic mass is 16.7. The summed E-state index contributed by atoms with van der Waals surface area (Å²) < 4.78 is 4.69. The van der Waals surface area contributed by atoms with Gasteiger partial charge in [0.05, 0.1) is 0 Å². The van der Waals surface area contributed by atoms with Crippen LogP contribution in [0.2, 0.25) is 0 Å². The van der Waals surface area contributed by atoms with E-state index < -0.39 is 6.16 Å². The van der Waals surface area contributed by atoms with Crippen molar-refractivity contribution in [3.63, 3.8) is 0 Å². The summed E-state index contributed by atoms with van der Waals surface area (Å²) >= 11 is 0. The van der Waals surface area contributed by atoms with Crippen molar-refractivity contribution in [2.24, 2.45) is 0 Å². The third kappa shape index (κ3) is 3.25. The second-order valence-electron chi connectivity index (χ2n) is 3.00. The number of carboxylic acid groups (broad SMARTS) is 1. The Morgan fingerprint density at radius 1 is 1.18 bits per heavy atom. The maximum Gasteiger partial charge on any atom is 0.506 e. The summed E-state index contributed by atoms with van der Waals surface area (Å²) in [5.41, 5.74) is 0. The van der Waals surface area contributed by atoms with Gasteiger partial charge in [-0.3, -0.25) is 0 Å². The van der Waals surface area contributed by atoms with Crippen LogP contribution in [-0.2, 0) is 4.74 Å². The van der Waals surface area contributed by atoms with Crippen molar-refractivity contribution in [1.29, 1.82) is 0 Å². The molecule has 3 nitrogen and oxygen atoms in total. The molecule has 0 saturated heterocycles. The molecule has 64 valence electrons. The van der Waals surface area contributed by atoms with Gasteiger partial charge in [-0.1, -0.05) is 12.8 Å². The van der Waals surface area contributed by atoms with Crippen LogP contribution in [0.5, 0.6) is 0 Å². The van der Waals surface area contributed by atoms with Crippen molar-refractivity contribution < 1.29 is 14.6 Å². The summed E-state index contributed by atoms with van der Waals surface area (Å²) in [6.45, 7) is 0. The lowest BCUT2D eigenvalue weighted by molar-refractivity contribution is 0.0455. The van der Waals surface area contributed by atoms with E-state index in [-0.39, 0.29) is 6.10 Å². The Morgan fingerprint density at radius 2 is 1.73 bits per heavy atom. The third-order valence-electron chi connectivity index (χ3n) is 2.07. The number of hydrogen-bond acceptors (Lipinski definition) is 2. The Bertz CT molecular complexity index is 125. The van der Waals surface area contributed by atoms with Gasteiger partial charge in [-0.05, 0) is 25.7 Å². The number of rotatable bonds is 1. The van der Waals surface area contributed by atoms with E-state index in [1.807, 2.05) is 0 Å². The predicted octanol–water partition coefficient (Wildman–Crippen LogP) is 2.40. The zero-order valence-corrected chi connectivity index (χ0v) is 6.58. The first-order valence-corrected chi connectivity index (χ1v) is 4.18. The lowest BCUT2D eigenvalue weighted by Gasteiger charge is -2.11. The maximum atomic E-state index is 10.2. The molecule has 1 rings (SSSR count). The Balaban J connectivity index is 2.25. The van der Waals surface area contributed by atoms with Crippen LogP contribution in [0.25, 0.3) is 0 Å². The summed E-state index contributed by atoms with van der Waals surface area (Å²) in [4.78, 5) is 10.2. The van der Waals surface area contributed by atoms with Crippen molar-refractivity contribution >= 4 is 6.16 Å². The summed E-state index contributed by atoms with van der Waals surface area (Å²) in [6.07, 6.45) is 5.32. The van der Waals surface area contributed by atoms with E-state index in [9.17, 15) is 4.79 Å². The van der Waals surface area contributed by atoms with E-state index in [4.69, 9.17) is 5.11 Å². The van der Waals surface area contributed by atoms with E-state index in [0.29, 0.717) is 0 Å². The zero-order chi connectivity index (χ0) is 8.10. The van der Waals surface area contributed by atoms with Crippen LogP contribution in [0, 0.1) is 0 Å². The van der Waals surface area contributed by atoms with Crippen LogP contribution in [0.4, 0.5) is 4.79 Å². The monoisotopic (exact) mass is 158 g/mol. The van der Waals surface area contributed by atoms with Crippen LogP contribution in [0.3, 0.4) is 0 Å². The van der Waals surface area contributed by atoms with Crippen LogP contribution in [0.1, 0.15) is 38.5 Å². The Labute approximate surface area is 66.4 Å². The molecule has 0 amide bonds. The fraction of sp³-hybridized carbons (Fsp3) is 0.875. The highest BCUT2D eigenvalue weighted by Crippen LogP contribution is 2.19. The van der Waals surface area contributed by atoms with Crippen LogP contribution in [0.15, 0.2) is 0 Å². The van der Waals surface area contributed by atoms with Gasteiger partial charge < -0.3 is 9.84 Å². The molecule has 1 saturated carbocycles. The smallest absolute Gasteiger partial charge is 0.450 e. The molecule has 0 aromatic rings. The van der Waals surface area contributed by atoms with Gasteiger partial charge in [0, 0.05) is 0 Å². The minimum absolute atomic E-state index is 0.0324. The molecule has 0 aromatic carbocycles. The van der Waals surface area contributed by atoms with Gasteiger partial charge >= 0.3 is 6.16 Å². The van der Waals surface area contributed by atoms with E-state index >= 15 is 0 Å². The molecule has 0 heterocycles. The molecule has 0 unspecified atom stereocenters. The number of ether oxygens (including phenoxy) is 1. The molecule has 0 radical (unpaired) electrons. The molecule has 0 spiro atoms. The predicted molar refractivity (Wildman–Crippen MR) is 40.6 cm³/mol. The standard InChI is InChI=1S/C8H14O3/c9-8(10)11-7-5-3-1-2-4-6-7/h7H,1-6H2,(H,9,10). The molecule has 1 fully saturated rings. The molecule has 1 aliphatic carbocycles. The first-order chi connectivity index (χ1) is 5.29. The van der Waals surface area contributed by atoms with E-state index in [0.717, 1.165) is 25.7 Å². The summed E-state index contributed by atoms with van der Waals surface area (Å²) in [7, 11) is 0. The molecule has 3 heteroatoms. The quantitative estimate of drug-likeness (QED) is 0.470. The molecule has 0 aromatic heterocycles. The van der Waals surface area contributed by atoms with Crippen LogP contribution >= 0.6 is 0 Å². The van der Waals surface area contributed by atoms with Crippen molar-refractivity contribution in [1.82, 2.24) is 0 Å². The van der Waals surface area contributed by atoms with Gasteiger partial charge in [0.1, 0.15) is 6.10 Å². The molecular formula is C8H14O3. The van der Waals surface area contributed by atoms with Crippen molar-refractivity contribution in [2.45, 2.75) is 44.6 Å². The Hall–Kier alpha value is -0.730. The second kappa shape index (κ2) is 4.21. The fourth-order valence-electron chi connectivity index (χ4n) is 1.50. The average molecular weight is 158 g/mol. The van der Waals surface area contributed by atoms with Gasteiger partial charge in [-0.2, -0.15) is 0 Å². The topological polar surface area (TPSA) is 46.5 Å². The molecule has 11 heavy (non-hydrogen) atoms. The molecule has 0 bridgehead atoms. The third-order valence-corrected chi connectivity index (χ3v) is 2.07. The first-order valence-electron chi connectivity index (χ1n) is 4.18. The summed E-state index contributed by atoms with van der Waals surface area (Å²) in [5.74, 6) is 0. The Kier molecular flexibility index (Phi) is 3.20. The van der Waals surface area contributed by atoms with Crippen molar-refractivity contribution in [2.75, 3.05) is 0 Å². The lowest BCUT2D eigenvalue weighted by Crippen LogP contribution is -2.15. The highest BCUT2D eigenvalue weighted by molar-refractivity contribution is 5.57. The fourth-order valence-corrected chi connectivity index (χ4v) is 1.50. The second-order valence-corrected chi connectivity index (χ2v) is 3.00. The minimum Gasteiger partial charge on any atom is -0.450 e. The normalized spacial score (nSPS) is 20.7. The maximum absolute atomic E-state index is 10.2. The molecule has 0 aliphatic heterocycles. The Morgan fingerprint density at radius 3 is 2.18 bits per heavy atom. The van der Waals surface area contributed by atoms with Gasteiger partial charge in [-0.25, -0.2) is 4.79 Å². The first kappa shape index (κ1) is 8.37. The van der Waals surface area contributed by atoms with Gasteiger partial charge in [-0.15, -0.1) is 0 Å². The van der Waals surface area contributed by atoms with Gasteiger partial charge in [0.2, 0.25) is 0 Å². The minimum atomic E-state index is -1.13. The van der Waals surface area contributed by atoms with E-state index in [2.05, 4.69) is 4.74 Å². The zero-order valence-electron chi connectivity index (χ0n) is 6.58. The number of hydrogen-bond donors (Lipinski definition) is 1. The van der Waals surface area contributed by atoms with Crippen molar-refractivity contribution in [3.05, 3.63) is 0 Å². The van der Waals surface area contributed by atoms with Crippen LogP contribution in [-0.4, -0.2) is 17.4 Å². The van der Waals surface area contributed by atoms with E-state index in [1.54, 1.807) is 0 Å². The van der Waals surface area contributed by atoms with E-state index in [1.165, 1.54) is 12.8 Å². The number of carbonyl (C=O) groups is 1. The SMILES string of the molecule is O=C(O)OC1CCCCCC1. The largest absolute Gasteiger partial charge is 0.506 e. The van der Waals surface area contributed by atoms with Gasteiger partial charge in [0.25, 0.3) is 0 Å². The van der Waals surface area contributed by atoms with Crippen LogP contribution < -0.4 is 0 Å². The average Bonchev–Trinajstić information content (AvgIpc) is 2.14. The highest BCUT2D eigenvalue weighted by Gasteiger charge is 2.15. The molecule has 1 aliphatic rings. The molecule has 0 atom stereocenters. The molecular weight excluding hydrogens is 144 g/mol. The van der Waals surface area contributed by atoms with Crippen molar-refractivity contribution in [3.8, 4) is 0 Å². The lowest BCUT2D eigenvalue weighted by atomic mass is 10.2. The summed E-state index contributed by atoms with van der Waals surface area (Å²) in [6, 6.07) is 0. The summed E-state index contributed by atoms with van der Waals surface area (Å²) in [5, 5.41) is 8.34.